The van der Waals surface area contributed by atoms with E-state index in [1.165, 1.54) is 34.6 Å². The van der Waals surface area contributed by atoms with E-state index >= 15 is 0 Å². The smallest absolute Gasteiger partial charge is 0.343 e. The fourth-order valence-corrected chi connectivity index (χ4v) is 11.7. The van der Waals surface area contributed by atoms with E-state index in [2.05, 4.69) is 0 Å². The molecular formula is C36H44O14. The number of hydrogen-bond donors (Lipinski definition) is 2. The molecule has 2 saturated heterocycles. The lowest BCUT2D eigenvalue weighted by Gasteiger charge is -2.62. The Hall–Kier alpha value is -3.78. The van der Waals surface area contributed by atoms with E-state index in [-0.39, 0.29) is 17.8 Å². The first-order valence-corrected chi connectivity index (χ1v) is 17.1. The van der Waals surface area contributed by atoms with Crippen LogP contribution in [0.4, 0.5) is 0 Å². The van der Waals surface area contributed by atoms with Gasteiger partial charge in [-0.3, -0.25) is 24.0 Å². The Morgan fingerprint density at radius 3 is 1.94 bits per heavy atom. The van der Waals surface area contributed by atoms with Crippen LogP contribution in [0, 0.1) is 51.8 Å². The number of carbonyl (C=O) groups excluding carboxylic acids is 6. The molecule has 14 heteroatoms. The van der Waals surface area contributed by atoms with Crippen molar-refractivity contribution in [2.45, 2.75) is 111 Å². The summed E-state index contributed by atoms with van der Waals surface area (Å²) in [7, 11) is 0. The zero-order valence-electron chi connectivity index (χ0n) is 29.5. The SMILES string of the molecule is CC(=O)O[C@@H]1[C@H]2[C@@H]3C(=O)C(O)=C4C[C@@H]5O[C@@H]5[C@H](OC(C)=O)[C@]4(C)[C@@H]3[C@H](OC(C)=O)[C@H](OC(C)=O)[C@]2(C)[C@@H]2[C@@H]1[C@]1(C)C(=C[C@H]2C)OC(=O)[C@@]1(C)O. The van der Waals surface area contributed by atoms with E-state index in [0.717, 1.165) is 0 Å². The van der Waals surface area contributed by atoms with Gasteiger partial charge in [0.15, 0.2) is 11.4 Å². The van der Waals surface area contributed by atoms with Crippen molar-refractivity contribution in [3.63, 3.8) is 0 Å². The quantitative estimate of drug-likeness (QED) is 0.246. The molecule has 0 aromatic heterocycles. The zero-order valence-corrected chi connectivity index (χ0v) is 29.5. The molecular weight excluding hydrogens is 656 g/mol. The van der Waals surface area contributed by atoms with Crippen LogP contribution >= 0.6 is 0 Å². The van der Waals surface area contributed by atoms with Gasteiger partial charge in [-0.15, -0.1) is 0 Å². The topological polar surface area (TPSA) is 202 Å². The molecule has 7 rings (SSSR count). The number of aliphatic hydroxyl groups excluding tert-OH is 1. The van der Waals surface area contributed by atoms with E-state index in [4.69, 9.17) is 28.4 Å². The van der Waals surface area contributed by atoms with Crippen LogP contribution in [0.1, 0.15) is 68.7 Å². The van der Waals surface area contributed by atoms with Gasteiger partial charge in [0.05, 0.1) is 11.5 Å². The lowest BCUT2D eigenvalue weighted by atomic mass is 9.43. The van der Waals surface area contributed by atoms with Gasteiger partial charge >= 0.3 is 29.8 Å². The predicted molar refractivity (Wildman–Crippen MR) is 166 cm³/mol. The lowest BCUT2D eigenvalue weighted by molar-refractivity contribution is -0.242. The molecule has 0 spiro atoms. The molecule has 2 heterocycles. The molecule has 50 heavy (non-hydrogen) atoms. The summed E-state index contributed by atoms with van der Waals surface area (Å²) in [6, 6.07) is 0. The van der Waals surface area contributed by atoms with Crippen LogP contribution < -0.4 is 0 Å². The number of carbonyl (C=O) groups is 6. The summed E-state index contributed by atoms with van der Waals surface area (Å²) < 4.78 is 36.1. The molecule has 0 radical (unpaired) electrons. The number of allylic oxidation sites excluding steroid dienone is 2. The predicted octanol–water partition coefficient (Wildman–Crippen LogP) is 2.25. The van der Waals surface area contributed by atoms with Crippen LogP contribution in [0.25, 0.3) is 0 Å². The van der Waals surface area contributed by atoms with Crippen molar-refractivity contribution in [2.75, 3.05) is 0 Å². The lowest BCUT2D eigenvalue weighted by Crippen LogP contribution is -2.70. The number of ether oxygens (including phenoxy) is 6. The van der Waals surface area contributed by atoms with Gasteiger partial charge in [-0.1, -0.05) is 20.8 Å². The summed E-state index contributed by atoms with van der Waals surface area (Å²) in [6.07, 6.45) is -4.05. The Kier molecular flexibility index (Phi) is 7.37. The first-order chi connectivity index (χ1) is 23.1. The number of esters is 5. The molecule has 3 saturated carbocycles. The van der Waals surface area contributed by atoms with Crippen molar-refractivity contribution in [1.82, 2.24) is 0 Å². The van der Waals surface area contributed by atoms with Crippen LogP contribution in [0.2, 0.25) is 0 Å². The molecule has 2 aliphatic heterocycles. The molecule has 0 aromatic rings. The highest BCUT2D eigenvalue weighted by atomic mass is 16.6. The van der Waals surface area contributed by atoms with E-state index in [1.807, 2.05) is 6.92 Å². The van der Waals surface area contributed by atoms with Crippen molar-refractivity contribution >= 4 is 35.6 Å². The van der Waals surface area contributed by atoms with E-state index in [9.17, 15) is 39.0 Å². The number of ketones is 1. The Balaban J connectivity index is 1.55. The van der Waals surface area contributed by atoms with Gasteiger partial charge in [-0.2, -0.15) is 0 Å². The number of fused-ring (bicyclic) bond motifs is 10. The number of aliphatic hydroxyl groups is 2. The maximum atomic E-state index is 14.9. The van der Waals surface area contributed by atoms with Gasteiger partial charge < -0.3 is 38.6 Å². The van der Waals surface area contributed by atoms with Gasteiger partial charge in [-0.05, 0) is 37.3 Å². The Bertz CT molecular complexity index is 1690. The minimum atomic E-state index is -2.12. The second-order valence-corrected chi connectivity index (χ2v) is 16.1. The van der Waals surface area contributed by atoms with Gasteiger partial charge in [0.1, 0.15) is 36.3 Å². The molecule has 0 bridgehead atoms. The van der Waals surface area contributed by atoms with E-state index in [0.29, 0.717) is 0 Å². The second-order valence-electron chi connectivity index (χ2n) is 16.1. The summed E-state index contributed by atoms with van der Waals surface area (Å²) in [5.74, 6) is -10.3. The Labute approximate surface area is 288 Å². The van der Waals surface area contributed by atoms with Crippen molar-refractivity contribution in [2.24, 2.45) is 51.8 Å². The minimum Gasteiger partial charge on any atom is -0.504 e. The molecule has 0 unspecified atom stereocenters. The van der Waals surface area contributed by atoms with Crippen LogP contribution in [0.3, 0.4) is 0 Å². The fraction of sp³-hybridized carbons (Fsp3) is 0.722. The third-order valence-electron chi connectivity index (χ3n) is 13.6. The molecule has 2 N–H and O–H groups in total. The van der Waals surface area contributed by atoms with Gasteiger partial charge in [0, 0.05) is 68.6 Å². The zero-order chi connectivity index (χ0) is 36.8. The Morgan fingerprint density at radius 1 is 0.800 bits per heavy atom. The van der Waals surface area contributed by atoms with Crippen molar-refractivity contribution < 1.29 is 67.4 Å². The molecule has 7 aliphatic rings. The molecule has 14 nitrogen and oxygen atoms in total. The second kappa shape index (κ2) is 10.6. The van der Waals surface area contributed by atoms with E-state index < -0.39 is 135 Å². The average molecular weight is 701 g/mol. The minimum absolute atomic E-state index is 0.135. The van der Waals surface area contributed by atoms with Crippen LogP contribution in [-0.2, 0) is 57.2 Å². The Morgan fingerprint density at radius 2 is 1.36 bits per heavy atom. The molecule has 0 aromatic carbocycles. The summed E-state index contributed by atoms with van der Waals surface area (Å²) >= 11 is 0. The number of rotatable bonds is 4. The first-order valence-electron chi connectivity index (χ1n) is 17.1. The average Bonchev–Trinajstić information content (AvgIpc) is 3.68. The standard InChI is InChI=1S/C36H44O14/c1-12-10-19-35(8,36(9,44)32(43)50-19)24-21(12)34(7)22(28(24)45-13(2)37)20-23(29(46-14(3)38)31(34)48-16(5)40)33(6)17(25(41)26(20)42)11-18-27(49-18)30(33)47-15(4)39/h10,12,18,20-24,27-31,41,44H,11H2,1-9H3/t12-,18+,20+,21+,22-,23+,24+,27+,28-,29+,30+,31+,33+,34-,35+,36-/m1/s1. The number of Topliss-reactive ketones (excluding diaryl/α,β-unsaturated/α-hetero) is 1. The highest BCUT2D eigenvalue weighted by molar-refractivity contribution is 5.98. The summed E-state index contributed by atoms with van der Waals surface area (Å²) in [4.78, 5) is 80.0. The maximum Gasteiger partial charge on any atom is 0.343 e. The highest BCUT2D eigenvalue weighted by Gasteiger charge is 2.83. The summed E-state index contributed by atoms with van der Waals surface area (Å²) in [6.45, 7) is 13.2. The first kappa shape index (κ1) is 34.7. The molecule has 16 atom stereocenters. The van der Waals surface area contributed by atoms with Crippen LogP contribution in [-0.4, -0.2) is 88.1 Å². The van der Waals surface area contributed by atoms with Gasteiger partial charge in [0.25, 0.3) is 0 Å². The molecule has 5 aliphatic carbocycles. The molecule has 5 fully saturated rings. The van der Waals surface area contributed by atoms with Gasteiger partial charge in [-0.25, -0.2) is 4.79 Å². The third kappa shape index (κ3) is 4.14. The summed E-state index contributed by atoms with van der Waals surface area (Å²) in [5.41, 5.74) is -6.12. The normalized spacial score (nSPS) is 49.4. The fourth-order valence-electron chi connectivity index (χ4n) is 11.7. The van der Waals surface area contributed by atoms with Crippen LogP contribution in [0.5, 0.6) is 0 Å². The monoisotopic (exact) mass is 700 g/mol. The molecule has 272 valence electrons. The largest absolute Gasteiger partial charge is 0.504 e. The van der Waals surface area contributed by atoms with E-state index in [1.54, 1.807) is 26.8 Å². The van der Waals surface area contributed by atoms with Crippen molar-refractivity contribution in [3.05, 3.63) is 23.2 Å². The number of hydrogen-bond acceptors (Lipinski definition) is 14. The van der Waals surface area contributed by atoms with Crippen molar-refractivity contribution in [1.29, 1.82) is 0 Å². The molecule has 0 amide bonds. The van der Waals surface area contributed by atoms with Crippen LogP contribution in [0.15, 0.2) is 23.2 Å². The van der Waals surface area contributed by atoms with Gasteiger partial charge in [0.2, 0.25) is 5.78 Å². The summed E-state index contributed by atoms with van der Waals surface area (Å²) in [5, 5.41) is 23.8. The maximum absolute atomic E-state index is 14.9. The van der Waals surface area contributed by atoms with Crippen molar-refractivity contribution in [3.8, 4) is 0 Å². The number of epoxide rings is 1. The third-order valence-corrected chi connectivity index (χ3v) is 13.6. The highest BCUT2D eigenvalue weighted by Crippen LogP contribution is 2.75.